The molecule has 1 fully saturated rings. The summed E-state index contributed by atoms with van der Waals surface area (Å²) in [6, 6.07) is 5.70. The molecule has 1 N–H and O–H groups in total. The van der Waals surface area contributed by atoms with E-state index in [0.29, 0.717) is 13.2 Å². The van der Waals surface area contributed by atoms with E-state index in [9.17, 15) is 4.79 Å². The summed E-state index contributed by atoms with van der Waals surface area (Å²) in [6.45, 7) is 6.94. The molecule has 1 aliphatic heterocycles. The summed E-state index contributed by atoms with van der Waals surface area (Å²) in [7, 11) is 0. The third-order valence-corrected chi connectivity index (χ3v) is 4.67. The van der Waals surface area contributed by atoms with Crippen molar-refractivity contribution < 1.29 is 9.53 Å². The number of aryl methyl sites for hydroxylation is 1. The summed E-state index contributed by atoms with van der Waals surface area (Å²) in [5.41, 5.74) is 1.81. The summed E-state index contributed by atoms with van der Waals surface area (Å²) in [4.78, 5) is 18.9. The van der Waals surface area contributed by atoms with Gasteiger partial charge in [-0.25, -0.2) is 4.98 Å². The molecule has 1 unspecified atom stereocenters. The molecule has 1 saturated heterocycles. The number of aromatic nitrogens is 1. The molecule has 6 heteroatoms. The molecular weight excluding hydrogens is 286 g/mol. The van der Waals surface area contributed by atoms with Crippen LogP contribution in [0.25, 0.3) is 10.2 Å². The van der Waals surface area contributed by atoms with Gasteiger partial charge in [0.15, 0.2) is 0 Å². The molecule has 1 aromatic heterocycles. The maximum atomic E-state index is 12.3. The second kappa shape index (κ2) is 6.09. The predicted molar refractivity (Wildman–Crippen MR) is 84.8 cm³/mol. The average molecular weight is 305 g/mol. The lowest BCUT2D eigenvalue weighted by molar-refractivity contribution is -0.122. The maximum absolute atomic E-state index is 12.3. The summed E-state index contributed by atoms with van der Waals surface area (Å²) < 4.78 is 6.42. The lowest BCUT2D eigenvalue weighted by Gasteiger charge is -2.31. The number of carbonyl (C=O) groups excluding carboxylic acids is 1. The Morgan fingerprint density at radius 1 is 1.43 bits per heavy atom. The number of nitrogens with zero attached hydrogens (tertiary/aromatic N) is 2. The topological polar surface area (TPSA) is 54.5 Å². The number of nitrogens with one attached hydrogen (secondary N) is 1. The second-order valence-corrected chi connectivity index (χ2v) is 6.46. The number of hydrogen-bond acceptors (Lipinski definition) is 5. The standard InChI is InChI=1S/C15H19N3O2S/c1-10(18-5-7-20-8-6-18)15(19)17-12-3-4-13-14(9-12)21-11(2)16-13/h3-4,9-10H,5-8H2,1-2H3,(H,17,19). The van der Waals surface area contributed by atoms with Crippen LogP contribution in [0.5, 0.6) is 0 Å². The number of carbonyl (C=O) groups is 1. The second-order valence-electron chi connectivity index (χ2n) is 5.23. The van der Waals surface area contributed by atoms with Crippen LogP contribution < -0.4 is 5.32 Å². The third kappa shape index (κ3) is 3.23. The third-order valence-electron chi connectivity index (χ3n) is 3.74. The van der Waals surface area contributed by atoms with Gasteiger partial charge in [-0.2, -0.15) is 0 Å². The van der Waals surface area contributed by atoms with E-state index in [1.807, 2.05) is 32.0 Å². The van der Waals surface area contributed by atoms with Gasteiger partial charge in [0.05, 0.1) is 34.5 Å². The number of morpholine rings is 1. The molecule has 1 aromatic carbocycles. The van der Waals surface area contributed by atoms with Crippen LogP contribution in [0.1, 0.15) is 11.9 Å². The van der Waals surface area contributed by atoms with Crippen LogP contribution in [0.15, 0.2) is 18.2 Å². The number of amides is 1. The molecular formula is C15H19N3O2S. The molecule has 21 heavy (non-hydrogen) atoms. The van der Waals surface area contributed by atoms with E-state index in [4.69, 9.17) is 4.74 Å². The van der Waals surface area contributed by atoms with Gasteiger partial charge < -0.3 is 10.1 Å². The normalized spacial score (nSPS) is 17.8. The Morgan fingerprint density at radius 2 is 2.19 bits per heavy atom. The fourth-order valence-corrected chi connectivity index (χ4v) is 3.36. The van der Waals surface area contributed by atoms with Crippen molar-refractivity contribution in [3.05, 3.63) is 23.2 Å². The molecule has 0 saturated carbocycles. The molecule has 2 heterocycles. The highest BCUT2D eigenvalue weighted by atomic mass is 32.1. The van der Waals surface area contributed by atoms with Gasteiger partial charge in [-0.05, 0) is 32.0 Å². The van der Waals surface area contributed by atoms with Crippen molar-refractivity contribution in [2.24, 2.45) is 0 Å². The first-order valence-corrected chi connectivity index (χ1v) is 7.95. The Hall–Kier alpha value is -1.50. The Morgan fingerprint density at radius 3 is 2.95 bits per heavy atom. The van der Waals surface area contributed by atoms with E-state index >= 15 is 0 Å². The highest BCUT2D eigenvalue weighted by Crippen LogP contribution is 2.25. The number of ether oxygens (including phenoxy) is 1. The van der Waals surface area contributed by atoms with Crippen molar-refractivity contribution in [2.45, 2.75) is 19.9 Å². The van der Waals surface area contributed by atoms with Crippen LogP contribution in [-0.2, 0) is 9.53 Å². The molecule has 2 aromatic rings. The Balaban J connectivity index is 1.69. The number of benzene rings is 1. The molecule has 3 rings (SSSR count). The van der Waals surface area contributed by atoms with Crippen molar-refractivity contribution in [2.75, 3.05) is 31.6 Å². The van der Waals surface area contributed by atoms with Gasteiger partial charge in [0.1, 0.15) is 0 Å². The largest absolute Gasteiger partial charge is 0.379 e. The van der Waals surface area contributed by atoms with Gasteiger partial charge in [-0.15, -0.1) is 11.3 Å². The van der Waals surface area contributed by atoms with Crippen molar-refractivity contribution in [1.29, 1.82) is 0 Å². The summed E-state index contributed by atoms with van der Waals surface area (Å²) in [5, 5.41) is 4.04. The molecule has 112 valence electrons. The summed E-state index contributed by atoms with van der Waals surface area (Å²) in [6.07, 6.45) is 0. The molecule has 0 spiro atoms. The van der Waals surface area contributed by atoms with Crippen molar-refractivity contribution in [3.63, 3.8) is 0 Å². The van der Waals surface area contributed by atoms with Crippen LogP contribution in [0, 0.1) is 6.92 Å². The quantitative estimate of drug-likeness (QED) is 0.945. The Kier molecular flexibility index (Phi) is 4.19. The molecule has 0 aliphatic carbocycles. The van der Waals surface area contributed by atoms with E-state index in [1.54, 1.807) is 11.3 Å². The number of anilines is 1. The van der Waals surface area contributed by atoms with Gasteiger partial charge in [-0.1, -0.05) is 0 Å². The fraction of sp³-hybridized carbons (Fsp3) is 0.467. The van der Waals surface area contributed by atoms with Gasteiger partial charge in [-0.3, -0.25) is 9.69 Å². The molecule has 1 aliphatic rings. The van der Waals surface area contributed by atoms with E-state index in [0.717, 1.165) is 34.0 Å². The SMILES string of the molecule is Cc1nc2ccc(NC(=O)C(C)N3CCOCC3)cc2s1. The molecule has 1 amide bonds. The minimum absolute atomic E-state index is 0.0255. The molecule has 0 radical (unpaired) electrons. The van der Waals surface area contributed by atoms with Crippen LogP contribution in [0.4, 0.5) is 5.69 Å². The number of rotatable bonds is 3. The Bertz CT molecular complexity index is 649. The first-order chi connectivity index (χ1) is 10.1. The highest BCUT2D eigenvalue weighted by molar-refractivity contribution is 7.18. The first kappa shape index (κ1) is 14.4. The monoisotopic (exact) mass is 305 g/mol. The highest BCUT2D eigenvalue weighted by Gasteiger charge is 2.23. The Labute approximate surface area is 127 Å². The van der Waals surface area contributed by atoms with Gasteiger partial charge in [0, 0.05) is 18.8 Å². The smallest absolute Gasteiger partial charge is 0.241 e. The van der Waals surface area contributed by atoms with Gasteiger partial charge in [0.2, 0.25) is 5.91 Å². The number of thiazole rings is 1. The summed E-state index contributed by atoms with van der Waals surface area (Å²) in [5.74, 6) is 0.0255. The summed E-state index contributed by atoms with van der Waals surface area (Å²) >= 11 is 1.64. The van der Waals surface area contributed by atoms with Crippen LogP contribution >= 0.6 is 11.3 Å². The van der Waals surface area contributed by atoms with E-state index < -0.39 is 0 Å². The van der Waals surface area contributed by atoms with Gasteiger partial charge in [0.25, 0.3) is 0 Å². The van der Waals surface area contributed by atoms with Crippen molar-refractivity contribution >= 4 is 33.1 Å². The van der Waals surface area contributed by atoms with E-state index in [1.165, 1.54) is 0 Å². The van der Waals surface area contributed by atoms with Gasteiger partial charge >= 0.3 is 0 Å². The average Bonchev–Trinajstić information content (AvgIpc) is 2.86. The minimum Gasteiger partial charge on any atom is -0.379 e. The number of hydrogen-bond donors (Lipinski definition) is 1. The zero-order valence-corrected chi connectivity index (χ0v) is 13.1. The fourth-order valence-electron chi connectivity index (χ4n) is 2.49. The predicted octanol–water partition coefficient (Wildman–Crippen LogP) is 2.26. The molecule has 0 bridgehead atoms. The van der Waals surface area contributed by atoms with Crippen LogP contribution in [0.3, 0.4) is 0 Å². The van der Waals surface area contributed by atoms with Crippen molar-refractivity contribution in [3.8, 4) is 0 Å². The lowest BCUT2D eigenvalue weighted by Crippen LogP contribution is -2.47. The lowest BCUT2D eigenvalue weighted by atomic mass is 10.2. The zero-order valence-electron chi connectivity index (χ0n) is 12.3. The minimum atomic E-state index is -0.146. The maximum Gasteiger partial charge on any atom is 0.241 e. The zero-order chi connectivity index (χ0) is 14.8. The van der Waals surface area contributed by atoms with Crippen molar-refractivity contribution in [1.82, 2.24) is 9.88 Å². The van der Waals surface area contributed by atoms with Crippen LogP contribution in [-0.4, -0.2) is 48.1 Å². The van der Waals surface area contributed by atoms with E-state index in [-0.39, 0.29) is 11.9 Å². The molecule has 1 atom stereocenters. The number of fused-ring (bicyclic) bond motifs is 1. The van der Waals surface area contributed by atoms with E-state index in [2.05, 4.69) is 15.2 Å². The molecule has 5 nitrogen and oxygen atoms in total. The first-order valence-electron chi connectivity index (χ1n) is 7.13. The van der Waals surface area contributed by atoms with Crippen LogP contribution in [0.2, 0.25) is 0 Å².